The summed E-state index contributed by atoms with van der Waals surface area (Å²) in [7, 11) is 1.46. The number of carbonyl (C=O) groups is 1. The summed E-state index contributed by atoms with van der Waals surface area (Å²) in [6, 6.07) is 0. The Morgan fingerprint density at radius 2 is 1.81 bits per heavy atom. The first-order valence-corrected chi connectivity index (χ1v) is 6.92. The van der Waals surface area contributed by atoms with Crippen molar-refractivity contribution in [1.82, 2.24) is 4.98 Å². The highest BCUT2D eigenvalue weighted by Crippen LogP contribution is 2.34. The third-order valence-corrected chi connectivity index (χ3v) is 2.84. The molecule has 0 spiro atoms. The van der Waals surface area contributed by atoms with Crippen molar-refractivity contribution in [2.24, 2.45) is 0 Å². The Morgan fingerprint density at radius 3 is 2.19 bits per heavy atom. The van der Waals surface area contributed by atoms with E-state index in [2.05, 4.69) is 4.98 Å². The number of aromatic nitrogens is 1. The summed E-state index contributed by atoms with van der Waals surface area (Å²) in [6.45, 7) is 11.1. The lowest BCUT2D eigenvalue weighted by Crippen LogP contribution is -2.28. The van der Waals surface area contributed by atoms with Crippen molar-refractivity contribution >= 4 is 5.97 Å². The van der Waals surface area contributed by atoms with Gasteiger partial charge in [-0.15, -0.1) is 0 Å². The molecule has 0 radical (unpaired) electrons. The molecule has 1 N–H and O–H groups in total. The second kappa shape index (κ2) is 6.02. The monoisotopic (exact) mass is 295 g/mol. The van der Waals surface area contributed by atoms with Crippen molar-refractivity contribution < 1.29 is 19.4 Å². The zero-order chi connectivity index (χ0) is 16.4. The number of hydrogen-bond donors (Lipinski definition) is 1. The number of rotatable bonds is 3. The highest BCUT2D eigenvalue weighted by atomic mass is 16.6. The van der Waals surface area contributed by atoms with Gasteiger partial charge in [0.2, 0.25) is 5.88 Å². The van der Waals surface area contributed by atoms with Crippen molar-refractivity contribution in [2.45, 2.75) is 59.2 Å². The fourth-order valence-electron chi connectivity index (χ4n) is 2.18. The molecule has 0 aromatic carbocycles. The molecule has 0 aliphatic carbocycles. The van der Waals surface area contributed by atoms with E-state index in [1.165, 1.54) is 13.3 Å². The Kier molecular flexibility index (Phi) is 4.99. The van der Waals surface area contributed by atoms with Gasteiger partial charge in [-0.05, 0) is 31.7 Å². The fourth-order valence-corrected chi connectivity index (χ4v) is 2.18. The van der Waals surface area contributed by atoms with Gasteiger partial charge in [0.25, 0.3) is 0 Å². The van der Waals surface area contributed by atoms with Crippen LogP contribution in [0, 0.1) is 0 Å². The van der Waals surface area contributed by atoms with Crippen molar-refractivity contribution in [2.75, 3.05) is 7.11 Å². The van der Waals surface area contributed by atoms with E-state index < -0.39 is 11.6 Å². The third-order valence-electron chi connectivity index (χ3n) is 2.84. The Labute approximate surface area is 126 Å². The average Bonchev–Trinajstić information content (AvgIpc) is 2.33. The number of pyridine rings is 1. The first-order chi connectivity index (χ1) is 9.51. The van der Waals surface area contributed by atoms with Gasteiger partial charge in [-0.2, -0.15) is 0 Å². The molecule has 21 heavy (non-hydrogen) atoms. The molecule has 1 aromatic rings. The maximum Gasteiger partial charge on any atom is 0.344 e. The first kappa shape index (κ1) is 17.4. The van der Waals surface area contributed by atoms with Crippen LogP contribution < -0.4 is 4.74 Å². The van der Waals surface area contributed by atoms with Crippen LogP contribution >= 0.6 is 0 Å². The van der Waals surface area contributed by atoms with Gasteiger partial charge in [-0.1, -0.05) is 20.8 Å². The van der Waals surface area contributed by atoms with Gasteiger partial charge in [0.05, 0.1) is 13.7 Å². The van der Waals surface area contributed by atoms with Crippen molar-refractivity contribution in [3.8, 4) is 5.88 Å². The molecule has 0 saturated heterocycles. The molecule has 5 heteroatoms. The van der Waals surface area contributed by atoms with Crippen LogP contribution in [-0.4, -0.2) is 28.8 Å². The summed E-state index contributed by atoms with van der Waals surface area (Å²) in [5, 5.41) is 9.55. The van der Waals surface area contributed by atoms with Gasteiger partial charge in [0.15, 0.2) is 0 Å². The molecule has 0 aliphatic rings. The lowest BCUT2D eigenvalue weighted by molar-refractivity contribution is 0.00627. The van der Waals surface area contributed by atoms with Crippen molar-refractivity contribution in [3.05, 3.63) is 22.9 Å². The largest absolute Gasteiger partial charge is 0.480 e. The summed E-state index contributed by atoms with van der Waals surface area (Å²) < 4.78 is 10.7. The molecule has 1 heterocycles. The summed E-state index contributed by atoms with van der Waals surface area (Å²) in [5.41, 5.74) is 0.606. The molecule has 0 saturated carbocycles. The minimum Gasteiger partial charge on any atom is -0.480 e. The maximum absolute atomic E-state index is 12.6. The van der Waals surface area contributed by atoms with Crippen LogP contribution in [-0.2, 0) is 16.8 Å². The van der Waals surface area contributed by atoms with Crippen LogP contribution in [0.3, 0.4) is 0 Å². The number of methoxy groups -OCH3 is 1. The van der Waals surface area contributed by atoms with Gasteiger partial charge >= 0.3 is 5.97 Å². The van der Waals surface area contributed by atoms with Gasteiger partial charge < -0.3 is 14.6 Å². The number of ether oxygens (including phenoxy) is 2. The zero-order valence-corrected chi connectivity index (χ0v) is 13.9. The lowest BCUT2D eigenvalue weighted by atomic mass is 9.81. The van der Waals surface area contributed by atoms with Gasteiger partial charge in [0.1, 0.15) is 11.2 Å². The highest BCUT2D eigenvalue weighted by molar-refractivity contribution is 5.94. The molecule has 0 unspecified atom stereocenters. The van der Waals surface area contributed by atoms with Gasteiger partial charge in [-0.25, -0.2) is 9.78 Å². The minimum atomic E-state index is -0.619. The van der Waals surface area contributed by atoms with Crippen LogP contribution in [0.4, 0.5) is 0 Å². The predicted octanol–water partition coefficient (Wildman–Crippen LogP) is 2.84. The quantitative estimate of drug-likeness (QED) is 0.868. The van der Waals surface area contributed by atoms with E-state index in [4.69, 9.17) is 9.47 Å². The summed E-state index contributed by atoms with van der Waals surface area (Å²) in [5.74, 6) is -0.279. The zero-order valence-electron chi connectivity index (χ0n) is 13.9. The molecule has 1 rings (SSSR count). The van der Waals surface area contributed by atoms with E-state index in [0.717, 1.165) is 0 Å². The van der Waals surface area contributed by atoms with Crippen LogP contribution in [0.25, 0.3) is 0 Å². The van der Waals surface area contributed by atoms with E-state index in [-0.39, 0.29) is 23.5 Å². The molecule has 0 aliphatic heterocycles. The van der Waals surface area contributed by atoms with E-state index in [1.54, 1.807) is 20.8 Å². The van der Waals surface area contributed by atoms with Crippen LogP contribution in [0.15, 0.2) is 6.20 Å². The van der Waals surface area contributed by atoms with Gasteiger partial charge in [0, 0.05) is 11.8 Å². The molecule has 1 aromatic heterocycles. The molecular weight excluding hydrogens is 270 g/mol. The smallest absolute Gasteiger partial charge is 0.344 e. The Balaban J connectivity index is 3.56. The third kappa shape index (κ3) is 4.17. The minimum absolute atomic E-state index is 0.195. The first-order valence-electron chi connectivity index (χ1n) is 6.92. The second-order valence-electron chi connectivity index (χ2n) is 6.95. The Morgan fingerprint density at radius 1 is 1.24 bits per heavy atom. The van der Waals surface area contributed by atoms with E-state index in [1.807, 2.05) is 20.8 Å². The number of hydrogen-bond acceptors (Lipinski definition) is 5. The molecule has 0 fully saturated rings. The Hall–Kier alpha value is -1.62. The van der Waals surface area contributed by atoms with Gasteiger partial charge in [-0.3, -0.25) is 0 Å². The molecule has 118 valence electrons. The normalized spacial score (nSPS) is 12.2. The van der Waals surface area contributed by atoms with Crippen LogP contribution in [0.5, 0.6) is 5.88 Å². The summed E-state index contributed by atoms with van der Waals surface area (Å²) in [4.78, 5) is 16.7. The number of esters is 1. The standard InChI is InChI=1S/C16H25NO4/c1-15(2,3)12-10(9-18)8-17-13(20-7)11(12)14(19)21-16(4,5)6/h8,18H,9H2,1-7H3. The number of carbonyl (C=O) groups excluding carboxylic acids is 1. The molecule has 0 bridgehead atoms. The van der Waals surface area contributed by atoms with Crippen molar-refractivity contribution in [1.29, 1.82) is 0 Å². The number of aliphatic hydroxyl groups is 1. The number of aliphatic hydroxyl groups excluding tert-OH is 1. The number of nitrogens with zero attached hydrogens (tertiary/aromatic N) is 1. The maximum atomic E-state index is 12.6. The van der Waals surface area contributed by atoms with Crippen molar-refractivity contribution in [3.63, 3.8) is 0 Å². The lowest BCUT2D eigenvalue weighted by Gasteiger charge is -2.27. The SMILES string of the molecule is COc1ncc(CO)c(C(C)(C)C)c1C(=O)OC(C)(C)C. The average molecular weight is 295 g/mol. The van der Waals surface area contributed by atoms with E-state index >= 15 is 0 Å². The fraction of sp³-hybridized carbons (Fsp3) is 0.625. The highest BCUT2D eigenvalue weighted by Gasteiger charge is 2.32. The molecule has 5 nitrogen and oxygen atoms in total. The topological polar surface area (TPSA) is 68.7 Å². The molecule has 0 amide bonds. The van der Waals surface area contributed by atoms with E-state index in [0.29, 0.717) is 11.1 Å². The molecular formula is C16H25NO4. The summed E-state index contributed by atoms with van der Waals surface area (Å²) >= 11 is 0. The second-order valence-corrected chi connectivity index (χ2v) is 6.95. The van der Waals surface area contributed by atoms with Crippen LogP contribution in [0.1, 0.15) is 63.0 Å². The summed E-state index contributed by atoms with van der Waals surface area (Å²) in [6.07, 6.45) is 1.54. The predicted molar refractivity (Wildman–Crippen MR) is 80.6 cm³/mol. The van der Waals surface area contributed by atoms with Crippen LogP contribution in [0.2, 0.25) is 0 Å². The van der Waals surface area contributed by atoms with E-state index in [9.17, 15) is 9.90 Å². The Bertz CT molecular complexity index is 524. The molecule has 0 atom stereocenters.